The van der Waals surface area contributed by atoms with Gasteiger partial charge in [0.25, 0.3) is 10.0 Å². The lowest BCUT2D eigenvalue weighted by molar-refractivity contribution is -0.139. The average Bonchev–Trinajstić information content (AvgIpc) is 3.01. The van der Waals surface area contributed by atoms with Crippen LogP contribution in [0.5, 0.6) is 11.5 Å². The summed E-state index contributed by atoms with van der Waals surface area (Å²) in [5, 5.41) is 2.90. The van der Waals surface area contributed by atoms with Crippen molar-refractivity contribution in [1.82, 2.24) is 10.2 Å². The summed E-state index contributed by atoms with van der Waals surface area (Å²) in [5.41, 5.74) is 1.27. The average molecular weight is 580 g/mol. The van der Waals surface area contributed by atoms with E-state index in [9.17, 15) is 18.0 Å². The third-order valence-corrected chi connectivity index (χ3v) is 8.63. The number of carbonyl (C=O) groups is 2. The van der Waals surface area contributed by atoms with Gasteiger partial charge in [-0.05, 0) is 49.1 Å². The number of hydrogen-bond donors (Lipinski definition) is 1. The molecule has 1 aliphatic rings. The molecule has 10 heteroatoms. The number of sulfonamides is 1. The van der Waals surface area contributed by atoms with Crippen LogP contribution < -0.4 is 19.1 Å². The Balaban J connectivity index is 1.70. The van der Waals surface area contributed by atoms with Gasteiger partial charge in [0.2, 0.25) is 11.8 Å². The van der Waals surface area contributed by atoms with E-state index in [0.717, 1.165) is 16.3 Å². The predicted molar refractivity (Wildman–Crippen MR) is 158 cm³/mol. The normalized spacial score (nSPS) is 13.2. The monoisotopic (exact) mass is 579 g/mol. The molecule has 0 aromatic heterocycles. The third kappa shape index (κ3) is 7.38. The number of anilines is 1. The number of carbonyl (C=O) groups excluding carboxylic acids is 2. The molecule has 0 aliphatic carbocycles. The number of nitrogens with zero attached hydrogens (tertiary/aromatic N) is 2. The molecule has 1 N–H and O–H groups in total. The van der Waals surface area contributed by atoms with E-state index in [4.69, 9.17) is 9.47 Å². The fraction of sp³-hybridized carbons (Fsp3) is 0.355. The zero-order valence-corrected chi connectivity index (χ0v) is 24.3. The molecule has 0 bridgehead atoms. The zero-order chi connectivity index (χ0) is 29.2. The van der Waals surface area contributed by atoms with Gasteiger partial charge in [0, 0.05) is 19.2 Å². The summed E-state index contributed by atoms with van der Waals surface area (Å²) < 4.78 is 40.3. The van der Waals surface area contributed by atoms with E-state index in [2.05, 4.69) is 5.32 Å². The van der Waals surface area contributed by atoms with Crippen molar-refractivity contribution in [3.63, 3.8) is 0 Å². The van der Waals surface area contributed by atoms with Crippen molar-refractivity contribution < 1.29 is 27.5 Å². The first-order chi connectivity index (χ1) is 19.8. The third-order valence-electron chi connectivity index (χ3n) is 6.84. The Hall–Kier alpha value is -4.05. The summed E-state index contributed by atoms with van der Waals surface area (Å²) in [5.74, 6) is 0.175. The summed E-state index contributed by atoms with van der Waals surface area (Å²) in [6, 6.07) is 21.7. The lowest BCUT2D eigenvalue weighted by Gasteiger charge is -2.33. The molecule has 0 saturated carbocycles. The first kappa shape index (κ1) is 29.9. The van der Waals surface area contributed by atoms with Crippen LogP contribution in [0.1, 0.15) is 32.3 Å². The van der Waals surface area contributed by atoms with Crippen molar-refractivity contribution in [2.75, 3.05) is 37.2 Å². The number of rotatable bonds is 13. The number of ether oxygens (including phenoxy) is 2. The van der Waals surface area contributed by atoms with Gasteiger partial charge in [-0.1, -0.05) is 62.4 Å². The van der Waals surface area contributed by atoms with Crippen LogP contribution in [0.3, 0.4) is 0 Å². The van der Waals surface area contributed by atoms with E-state index >= 15 is 0 Å². The molecule has 0 saturated heterocycles. The highest BCUT2D eigenvalue weighted by Crippen LogP contribution is 2.36. The van der Waals surface area contributed by atoms with Gasteiger partial charge in [-0.15, -0.1) is 0 Å². The molecule has 41 heavy (non-hydrogen) atoms. The van der Waals surface area contributed by atoms with Crippen molar-refractivity contribution in [3.8, 4) is 11.5 Å². The zero-order valence-electron chi connectivity index (χ0n) is 23.5. The molecule has 3 aromatic rings. The number of benzene rings is 3. The Morgan fingerprint density at radius 3 is 2.22 bits per heavy atom. The van der Waals surface area contributed by atoms with E-state index in [1.54, 1.807) is 36.4 Å². The maximum Gasteiger partial charge on any atom is 0.264 e. The molecule has 3 aromatic carbocycles. The van der Waals surface area contributed by atoms with Gasteiger partial charge in [0.15, 0.2) is 11.5 Å². The Kier molecular flexibility index (Phi) is 10.2. The van der Waals surface area contributed by atoms with E-state index in [1.807, 2.05) is 44.2 Å². The molecule has 1 aliphatic heterocycles. The summed E-state index contributed by atoms with van der Waals surface area (Å²) in [4.78, 5) is 28.8. The number of nitrogens with one attached hydrogen (secondary N) is 1. The Morgan fingerprint density at radius 1 is 0.902 bits per heavy atom. The van der Waals surface area contributed by atoms with E-state index in [-0.39, 0.29) is 23.0 Å². The molecule has 1 unspecified atom stereocenters. The summed E-state index contributed by atoms with van der Waals surface area (Å²) in [6.45, 7) is 4.77. The van der Waals surface area contributed by atoms with E-state index in [0.29, 0.717) is 44.1 Å². The van der Waals surface area contributed by atoms with Gasteiger partial charge in [0.1, 0.15) is 25.8 Å². The summed E-state index contributed by atoms with van der Waals surface area (Å²) in [7, 11) is -4.15. The van der Waals surface area contributed by atoms with Gasteiger partial charge in [-0.2, -0.15) is 0 Å². The molecule has 4 rings (SSSR count). The van der Waals surface area contributed by atoms with Crippen LogP contribution in [0, 0.1) is 0 Å². The quantitative estimate of drug-likeness (QED) is 0.328. The fourth-order valence-corrected chi connectivity index (χ4v) is 6.12. The second-order valence-electron chi connectivity index (χ2n) is 9.69. The maximum atomic E-state index is 14.1. The van der Waals surface area contributed by atoms with Gasteiger partial charge < -0.3 is 19.7 Å². The van der Waals surface area contributed by atoms with Crippen molar-refractivity contribution >= 4 is 27.5 Å². The highest BCUT2D eigenvalue weighted by Gasteiger charge is 2.34. The lowest BCUT2D eigenvalue weighted by Crippen LogP contribution is -2.53. The standard InChI is InChI=1S/C31H37N3O6S/c1-3-18-32-31(36)27(4-2)33(19-17-24-11-7-5-8-12-24)30(35)23-34(41(37,38)26-13-9-6-10-14-26)25-15-16-28-29(22-25)40-21-20-39-28/h5-16,22,27H,3-4,17-21,23H2,1-2H3,(H,32,36). The summed E-state index contributed by atoms with van der Waals surface area (Å²) in [6.07, 6.45) is 1.65. The highest BCUT2D eigenvalue weighted by molar-refractivity contribution is 7.92. The van der Waals surface area contributed by atoms with Crippen molar-refractivity contribution in [2.24, 2.45) is 0 Å². The molecule has 218 valence electrons. The first-order valence-corrected chi connectivity index (χ1v) is 15.4. The minimum Gasteiger partial charge on any atom is -0.486 e. The van der Waals surface area contributed by atoms with Gasteiger partial charge in [-0.25, -0.2) is 8.42 Å². The van der Waals surface area contributed by atoms with Crippen molar-refractivity contribution in [1.29, 1.82) is 0 Å². The van der Waals surface area contributed by atoms with Gasteiger partial charge in [0.05, 0.1) is 10.6 Å². The smallest absolute Gasteiger partial charge is 0.264 e. The highest BCUT2D eigenvalue weighted by atomic mass is 32.2. The van der Waals surface area contributed by atoms with Crippen LogP contribution >= 0.6 is 0 Å². The Labute approximate surface area is 242 Å². The first-order valence-electron chi connectivity index (χ1n) is 13.9. The van der Waals surface area contributed by atoms with Gasteiger partial charge >= 0.3 is 0 Å². The lowest BCUT2D eigenvalue weighted by atomic mass is 10.1. The summed E-state index contributed by atoms with van der Waals surface area (Å²) >= 11 is 0. The molecule has 2 amide bonds. The molecule has 0 spiro atoms. The van der Waals surface area contributed by atoms with Crippen LogP contribution in [0.4, 0.5) is 5.69 Å². The largest absolute Gasteiger partial charge is 0.486 e. The molecular weight excluding hydrogens is 542 g/mol. The predicted octanol–water partition coefficient (Wildman–Crippen LogP) is 4.03. The van der Waals surface area contributed by atoms with Crippen LogP contribution in [0.25, 0.3) is 0 Å². The second kappa shape index (κ2) is 14.0. The van der Waals surface area contributed by atoms with Crippen LogP contribution in [-0.2, 0) is 26.0 Å². The van der Waals surface area contributed by atoms with Crippen molar-refractivity contribution in [2.45, 2.75) is 44.0 Å². The number of fused-ring (bicyclic) bond motifs is 1. The maximum absolute atomic E-state index is 14.1. The number of amides is 2. The van der Waals surface area contributed by atoms with Crippen LogP contribution in [0.2, 0.25) is 0 Å². The van der Waals surface area contributed by atoms with Crippen molar-refractivity contribution in [3.05, 3.63) is 84.4 Å². The second-order valence-corrected chi connectivity index (χ2v) is 11.6. The van der Waals surface area contributed by atoms with Crippen LogP contribution in [-0.4, -0.2) is 64.0 Å². The minimum absolute atomic E-state index is 0.0475. The fourth-order valence-electron chi connectivity index (χ4n) is 4.70. The molecule has 9 nitrogen and oxygen atoms in total. The Morgan fingerprint density at radius 2 is 1.56 bits per heavy atom. The Bertz CT molecular complexity index is 1420. The number of hydrogen-bond acceptors (Lipinski definition) is 6. The van der Waals surface area contributed by atoms with E-state index in [1.165, 1.54) is 17.0 Å². The molecule has 0 fully saturated rings. The van der Waals surface area contributed by atoms with Gasteiger partial charge in [-0.3, -0.25) is 13.9 Å². The molecular formula is C31H37N3O6S. The van der Waals surface area contributed by atoms with Crippen LogP contribution in [0.15, 0.2) is 83.8 Å². The molecule has 1 heterocycles. The molecule has 1 atom stereocenters. The topological polar surface area (TPSA) is 105 Å². The SMILES string of the molecule is CCCNC(=O)C(CC)N(CCc1ccccc1)C(=O)CN(c1ccc2c(c1)OCCO2)S(=O)(=O)c1ccccc1. The minimum atomic E-state index is -4.15. The van der Waals surface area contributed by atoms with E-state index < -0.39 is 28.5 Å². The molecule has 0 radical (unpaired) electrons.